The highest BCUT2D eigenvalue weighted by molar-refractivity contribution is 6.02. The topological polar surface area (TPSA) is 108 Å². The second kappa shape index (κ2) is 8.05. The van der Waals surface area contributed by atoms with Gasteiger partial charge in [0, 0.05) is 31.9 Å². The number of carboxylic acids is 1. The summed E-state index contributed by atoms with van der Waals surface area (Å²) in [6.07, 6.45) is 0.385. The number of methoxy groups -OCH3 is 1. The monoisotopic (exact) mass is 391 g/mol. The maximum atomic E-state index is 12.6. The van der Waals surface area contributed by atoms with Gasteiger partial charge in [-0.25, -0.2) is 9.59 Å². The number of nitrogens with zero attached hydrogens (tertiary/aromatic N) is 2. The van der Waals surface area contributed by atoms with Gasteiger partial charge in [-0.15, -0.1) is 0 Å². The number of benzene rings is 1. The van der Waals surface area contributed by atoms with E-state index < -0.39 is 23.4 Å². The normalized spacial score (nSPS) is 22.1. The Labute approximate surface area is 163 Å². The van der Waals surface area contributed by atoms with Gasteiger partial charge in [-0.2, -0.15) is 0 Å². The van der Waals surface area contributed by atoms with Crippen LogP contribution in [0.3, 0.4) is 0 Å². The number of ether oxygens (including phenoxy) is 2. The predicted octanol–water partition coefficient (Wildman–Crippen LogP) is 1.64. The molecule has 2 fully saturated rings. The minimum Gasteiger partial charge on any atom is -0.481 e. The molecular weight excluding hydrogens is 366 g/mol. The van der Waals surface area contributed by atoms with Gasteiger partial charge in [0.25, 0.3) is 0 Å². The number of aliphatic carboxylic acids is 1. The largest absolute Gasteiger partial charge is 0.481 e. The van der Waals surface area contributed by atoms with Crippen LogP contribution in [0.5, 0.6) is 0 Å². The fourth-order valence-electron chi connectivity index (χ4n) is 3.44. The molecule has 0 radical (unpaired) electrons. The van der Waals surface area contributed by atoms with E-state index in [1.165, 1.54) is 12.0 Å². The summed E-state index contributed by atoms with van der Waals surface area (Å²) in [6.45, 7) is 4.75. The lowest BCUT2D eigenvalue weighted by atomic mass is 9.90. The molecular formula is C19H25N3O6. The molecule has 28 heavy (non-hydrogen) atoms. The lowest BCUT2D eigenvalue weighted by molar-refractivity contribution is -0.146. The van der Waals surface area contributed by atoms with Crippen molar-refractivity contribution in [2.24, 2.45) is 5.41 Å². The van der Waals surface area contributed by atoms with Crippen molar-refractivity contribution >= 4 is 29.3 Å². The van der Waals surface area contributed by atoms with Crippen molar-refractivity contribution in [3.05, 3.63) is 23.8 Å². The minimum atomic E-state index is -0.956. The van der Waals surface area contributed by atoms with Crippen LogP contribution in [-0.2, 0) is 14.3 Å². The highest BCUT2D eigenvalue weighted by Gasteiger charge is 2.42. The number of hydrogen-bond donors (Lipinski definition) is 2. The Morgan fingerprint density at radius 1 is 1.21 bits per heavy atom. The average Bonchev–Trinajstić information content (AvgIpc) is 3.12. The lowest BCUT2D eigenvalue weighted by Crippen LogP contribution is -2.37. The number of carbonyl (C=O) groups excluding carboxylic acids is 2. The van der Waals surface area contributed by atoms with Crippen molar-refractivity contribution in [2.45, 2.75) is 13.3 Å². The molecule has 1 unspecified atom stereocenters. The van der Waals surface area contributed by atoms with E-state index in [2.05, 4.69) is 10.2 Å². The van der Waals surface area contributed by atoms with Crippen LogP contribution in [0.2, 0.25) is 0 Å². The Kier molecular flexibility index (Phi) is 5.73. The second-order valence-corrected chi connectivity index (χ2v) is 7.29. The van der Waals surface area contributed by atoms with E-state index >= 15 is 0 Å². The summed E-state index contributed by atoms with van der Waals surface area (Å²) in [7, 11) is 1.29. The predicted molar refractivity (Wildman–Crippen MR) is 102 cm³/mol. The van der Waals surface area contributed by atoms with E-state index in [9.17, 15) is 19.5 Å². The molecule has 2 aliphatic rings. The molecule has 1 aromatic carbocycles. The zero-order valence-electron chi connectivity index (χ0n) is 16.1. The van der Waals surface area contributed by atoms with Crippen molar-refractivity contribution in [1.29, 1.82) is 0 Å². The summed E-state index contributed by atoms with van der Waals surface area (Å²) in [5.41, 5.74) is 0.474. The lowest BCUT2D eigenvalue weighted by Gasteiger charge is -2.29. The van der Waals surface area contributed by atoms with Crippen LogP contribution >= 0.6 is 0 Å². The van der Waals surface area contributed by atoms with Gasteiger partial charge >= 0.3 is 18.0 Å². The molecule has 2 heterocycles. The summed E-state index contributed by atoms with van der Waals surface area (Å²) in [4.78, 5) is 39.8. The first-order chi connectivity index (χ1) is 13.3. The highest BCUT2D eigenvalue weighted by atomic mass is 16.5. The van der Waals surface area contributed by atoms with Crippen LogP contribution < -0.4 is 10.2 Å². The molecule has 3 rings (SSSR count). The first-order valence-electron chi connectivity index (χ1n) is 9.18. The van der Waals surface area contributed by atoms with Crippen LogP contribution in [-0.4, -0.2) is 74.5 Å². The summed E-state index contributed by atoms with van der Waals surface area (Å²) in [5, 5.41) is 12.1. The fraction of sp³-hybridized carbons (Fsp3) is 0.526. The summed E-state index contributed by atoms with van der Waals surface area (Å²) in [5.74, 6) is -1.48. The number of amides is 2. The molecule has 0 bridgehead atoms. The molecule has 152 valence electrons. The van der Waals surface area contributed by atoms with Gasteiger partial charge in [-0.1, -0.05) is 0 Å². The van der Waals surface area contributed by atoms with E-state index in [-0.39, 0.29) is 12.1 Å². The first-order valence-corrected chi connectivity index (χ1v) is 9.18. The molecule has 2 saturated heterocycles. The van der Waals surface area contributed by atoms with E-state index in [0.717, 1.165) is 5.69 Å². The third-order valence-electron chi connectivity index (χ3n) is 5.30. The second-order valence-electron chi connectivity index (χ2n) is 7.29. The molecule has 1 aromatic rings. The number of carbonyl (C=O) groups is 3. The van der Waals surface area contributed by atoms with Crippen molar-refractivity contribution in [3.63, 3.8) is 0 Å². The number of hydrogen-bond acceptors (Lipinski definition) is 6. The highest BCUT2D eigenvalue weighted by Crippen LogP contribution is 2.31. The smallest absolute Gasteiger partial charge is 0.340 e. The quantitative estimate of drug-likeness (QED) is 0.751. The van der Waals surface area contributed by atoms with Crippen molar-refractivity contribution < 1.29 is 29.0 Å². The molecule has 9 heteroatoms. The van der Waals surface area contributed by atoms with Crippen LogP contribution in [0.15, 0.2) is 18.2 Å². The van der Waals surface area contributed by atoms with E-state index in [1.54, 1.807) is 19.1 Å². The maximum Gasteiger partial charge on any atom is 0.340 e. The number of nitrogens with one attached hydrogen (secondary N) is 1. The zero-order valence-corrected chi connectivity index (χ0v) is 16.1. The number of esters is 1. The minimum absolute atomic E-state index is 0.119. The molecule has 0 aromatic heterocycles. The van der Waals surface area contributed by atoms with Gasteiger partial charge in [-0.05, 0) is 31.5 Å². The van der Waals surface area contributed by atoms with Crippen molar-refractivity contribution in [2.75, 3.05) is 56.7 Å². The molecule has 2 N–H and O–H groups in total. The van der Waals surface area contributed by atoms with Crippen LogP contribution in [0.25, 0.3) is 0 Å². The SMILES string of the molecule is COC(=O)c1cc(N2CCOCC2)ccc1NC(=O)N1CCC(C)(C(=O)O)C1. The van der Waals surface area contributed by atoms with Crippen LogP contribution in [0, 0.1) is 5.41 Å². The Bertz CT molecular complexity index is 777. The molecule has 0 spiro atoms. The standard InChI is InChI=1S/C19H25N3O6/c1-19(17(24)25)5-6-22(12-19)18(26)20-15-4-3-13(11-14(15)16(23)27-2)21-7-9-28-10-8-21/h3-4,11H,5-10,12H2,1-2H3,(H,20,26)(H,24,25). The van der Waals surface area contributed by atoms with Crippen molar-refractivity contribution in [1.82, 2.24) is 4.90 Å². The van der Waals surface area contributed by atoms with Gasteiger partial charge in [0.1, 0.15) is 0 Å². The Hall–Kier alpha value is -2.81. The molecule has 0 saturated carbocycles. The van der Waals surface area contributed by atoms with E-state index in [4.69, 9.17) is 9.47 Å². The Morgan fingerprint density at radius 2 is 1.93 bits per heavy atom. The molecule has 2 amide bonds. The fourth-order valence-corrected chi connectivity index (χ4v) is 3.44. The third kappa shape index (κ3) is 4.04. The van der Waals surface area contributed by atoms with Gasteiger partial charge in [0.2, 0.25) is 0 Å². The van der Waals surface area contributed by atoms with E-state index in [1.807, 2.05) is 6.07 Å². The van der Waals surface area contributed by atoms with Crippen molar-refractivity contribution in [3.8, 4) is 0 Å². The molecule has 2 aliphatic heterocycles. The Balaban J connectivity index is 1.78. The first kappa shape index (κ1) is 19.9. The molecule has 0 aliphatic carbocycles. The Morgan fingerprint density at radius 3 is 2.54 bits per heavy atom. The zero-order chi connectivity index (χ0) is 20.3. The van der Waals surface area contributed by atoms with Gasteiger partial charge < -0.3 is 29.7 Å². The summed E-state index contributed by atoms with van der Waals surface area (Å²) < 4.78 is 10.2. The number of carboxylic acid groups (broad SMARTS) is 1. The van der Waals surface area contributed by atoms with Crippen LogP contribution in [0.1, 0.15) is 23.7 Å². The number of morpholine rings is 1. The number of urea groups is 1. The third-order valence-corrected chi connectivity index (χ3v) is 5.30. The van der Waals surface area contributed by atoms with Gasteiger partial charge in [0.15, 0.2) is 0 Å². The van der Waals surface area contributed by atoms with E-state index in [0.29, 0.717) is 45.0 Å². The molecule has 9 nitrogen and oxygen atoms in total. The number of likely N-dealkylation sites (tertiary alicyclic amines) is 1. The van der Waals surface area contributed by atoms with Gasteiger partial charge in [0.05, 0.1) is 37.0 Å². The summed E-state index contributed by atoms with van der Waals surface area (Å²) in [6, 6.07) is 4.76. The number of anilines is 2. The average molecular weight is 391 g/mol. The number of rotatable bonds is 4. The summed E-state index contributed by atoms with van der Waals surface area (Å²) >= 11 is 0. The van der Waals surface area contributed by atoms with Gasteiger partial charge in [-0.3, -0.25) is 4.79 Å². The maximum absolute atomic E-state index is 12.6. The van der Waals surface area contributed by atoms with Crippen LogP contribution in [0.4, 0.5) is 16.2 Å². The molecule has 1 atom stereocenters.